The molecular formula is C23H23N3O6. The van der Waals surface area contributed by atoms with Gasteiger partial charge in [-0.05, 0) is 48.6 Å². The number of ether oxygens (including phenoxy) is 2. The second-order valence-electron chi connectivity index (χ2n) is 7.74. The van der Waals surface area contributed by atoms with Gasteiger partial charge in [0.2, 0.25) is 0 Å². The first-order chi connectivity index (χ1) is 15.4. The van der Waals surface area contributed by atoms with Gasteiger partial charge in [0.25, 0.3) is 11.6 Å². The number of hydrogen-bond acceptors (Lipinski definition) is 6. The number of nitro groups is 1. The second-order valence-corrected chi connectivity index (χ2v) is 7.74. The van der Waals surface area contributed by atoms with E-state index in [1.807, 2.05) is 24.4 Å². The third-order valence-corrected chi connectivity index (χ3v) is 5.94. The monoisotopic (exact) mass is 437 g/mol. The van der Waals surface area contributed by atoms with Crippen LogP contribution in [-0.2, 0) is 4.74 Å². The molecule has 0 aliphatic carbocycles. The predicted octanol–water partition coefficient (Wildman–Crippen LogP) is 3.89. The van der Waals surface area contributed by atoms with E-state index in [2.05, 4.69) is 9.72 Å². The summed E-state index contributed by atoms with van der Waals surface area (Å²) in [6.07, 6.45) is 3.53. The topological polar surface area (TPSA) is 115 Å². The standard InChI is InChI=1S/C23H23N3O6/c1-31-18-3-4-21-19(12-18)20(13-24-21)14-5-7-25(8-6-14)22(27)15-9-16(23(28)32-2)11-17(10-15)26(29)30/h3-4,9-14,24H,5-8H2,1-2H3. The Morgan fingerprint density at radius 1 is 1.09 bits per heavy atom. The van der Waals surface area contributed by atoms with Crippen molar-refractivity contribution in [3.8, 4) is 5.75 Å². The lowest BCUT2D eigenvalue weighted by Gasteiger charge is -2.32. The van der Waals surface area contributed by atoms with Crippen LogP contribution in [0.25, 0.3) is 10.9 Å². The molecule has 1 amide bonds. The van der Waals surface area contributed by atoms with Gasteiger partial charge in [-0.25, -0.2) is 4.79 Å². The number of esters is 1. The number of H-pyrrole nitrogens is 1. The van der Waals surface area contributed by atoms with Crippen LogP contribution in [0.5, 0.6) is 5.75 Å². The Labute approximate surface area is 184 Å². The largest absolute Gasteiger partial charge is 0.497 e. The molecule has 4 rings (SSSR count). The van der Waals surface area contributed by atoms with Gasteiger partial charge in [0.1, 0.15) is 5.75 Å². The zero-order valence-electron chi connectivity index (χ0n) is 17.8. The summed E-state index contributed by atoms with van der Waals surface area (Å²) in [5, 5.41) is 12.4. The summed E-state index contributed by atoms with van der Waals surface area (Å²) >= 11 is 0. The quantitative estimate of drug-likeness (QED) is 0.368. The van der Waals surface area contributed by atoms with Crippen LogP contribution in [0.15, 0.2) is 42.6 Å². The van der Waals surface area contributed by atoms with Crippen LogP contribution in [-0.4, -0.2) is 54.0 Å². The van der Waals surface area contributed by atoms with Crippen molar-refractivity contribution in [2.24, 2.45) is 0 Å². The SMILES string of the molecule is COC(=O)c1cc(C(=O)N2CCC(c3c[nH]c4ccc(OC)cc34)CC2)cc([N+](=O)[O-])c1. The lowest BCUT2D eigenvalue weighted by Crippen LogP contribution is -2.38. The molecule has 1 fully saturated rings. The molecule has 2 heterocycles. The summed E-state index contributed by atoms with van der Waals surface area (Å²) < 4.78 is 10.0. The number of hydrogen-bond donors (Lipinski definition) is 1. The first-order valence-electron chi connectivity index (χ1n) is 10.2. The number of aromatic nitrogens is 1. The predicted molar refractivity (Wildman–Crippen MR) is 117 cm³/mol. The van der Waals surface area contributed by atoms with Crippen LogP contribution in [0.2, 0.25) is 0 Å². The van der Waals surface area contributed by atoms with Crippen LogP contribution >= 0.6 is 0 Å². The smallest absolute Gasteiger partial charge is 0.338 e. The Morgan fingerprint density at radius 2 is 1.81 bits per heavy atom. The van der Waals surface area contributed by atoms with Gasteiger partial charge in [0.05, 0.1) is 24.7 Å². The molecule has 1 aliphatic heterocycles. The van der Waals surface area contributed by atoms with Crippen molar-refractivity contribution in [2.45, 2.75) is 18.8 Å². The normalized spacial score (nSPS) is 14.4. The Morgan fingerprint density at radius 3 is 2.47 bits per heavy atom. The minimum absolute atomic E-state index is 0.0207. The van der Waals surface area contributed by atoms with Gasteiger partial charge in [0, 0.05) is 47.9 Å². The molecule has 32 heavy (non-hydrogen) atoms. The van der Waals surface area contributed by atoms with Crippen LogP contribution < -0.4 is 4.74 Å². The van der Waals surface area contributed by atoms with Crippen molar-refractivity contribution < 1.29 is 24.0 Å². The van der Waals surface area contributed by atoms with Gasteiger partial charge in [-0.2, -0.15) is 0 Å². The van der Waals surface area contributed by atoms with Crippen molar-refractivity contribution in [2.75, 3.05) is 27.3 Å². The number of nitrogens with zero attached hydrogens (tertiary/aromatic N) is 2. The highest BCUT2D eigenvalue weighted by molar-refractivity contribution is 5.99. The van der Waals surface area contributed by atoms with E-state index in [-0.39, 0.29) is 28.6 Å². The average molecular weight is 437 g/mol. The van der Waals surface area contributed by atoms with Crippen LogP contribution in [0, 0.1) is 10.1 Å². The second kappa shape index (κ2) is 8.70. The summed E-state index contributed by atoms with van der Waals surface area (Å²) in [6, 6.07) is 9.56. The number of rotatable bonds is 5. The molecule has 0 unspecified atom stereocenters. The summed E-state index contributed by atoms with van der Waals surface area (Å²) in [6.45, 7) is 1.02. The maximum atomic E-state index is 13.1. The van der Waals surface area contributed by atoms with Crippen molar-refractivity contribution in [3.63, 3.8) is 0 Å². The number of nitrogens with one attached hydrogen (secondary N) is 1. The zero-order valence-corrected chi connectivity index (χ0v) is 17.8. The van der Waals surface area contributed by atoms with Gasteiger partial charge >= 0.3 is 5.97 Å². The van der Waals surface area contributed by atoms with Crippen molar-refractivity contribution >= 4 is 28.5 Å². The lowest BCUT2D eigenvalue weighted by molar-refractivity contribution is -0.384. The summed E-state index contributed by atoms with van der Waals surface area (Å²) in [5.74, 6) is 0.00260. The molecule has 0 atom stereocenters. The average Bonchev–Trinajstić information content (AvgIpc) is 3.25. The maximum Gasteiger partial charge on any atom is 0.338 e. The highest BCUT2D eigenvalue weighted by atomic mass is 16.6. The fraction of sp³-hybridized carbons (Fsp3) is 0.304. The van der Waals surface area contributed by atoms with Gasteiger partial charge in [-0.1, -0.05) is 0 Å². The number of fused-ring (bicyclic) bond motifs is 1. The van der Waals surface area contributed by atoms with Crippen molar-refractivity contribution in [3.05, 3.63) is 69.4 Å². The minimum Gasteiger partial charge on any atom is -0.497 e. The molecule has 0 radical (unpaired) electrons. The molecule has 9 nitrogen and oxygen atoms in total. The number of nitro benzene ring substituents is 1. The molecule has 9 heteroatoms. The Kier molecular flexibility index (Phi) is 5.81. The van der Waals surface area contributed by atoms with E-state index in [1.165, 1.54) is 24.8 Å². The van der Waals surface area contributed by atoms with E-state index < -0.39 is 10.9 Å². The third kappa shape index (κ3) is 4.01. The summed E-state index contributed by atoms with van der Waals surface area (Å²) in [4.78, 5) is 40.5. The number of piperidine rings is 1. The van der Waals surface area contributed by atoms with E-state index in [4.69, 9.17) is 4.74 Å². The molecule has 0 saturated carbocycles. The van der Waals surface area contributed by atoms with E-state index in [0.717, 1.165) is 35.6 Å². The molecular weight excluding hydrogens is 414 g/mol. The highest BCUT2D eigenvalue weighted by Gasteiger charge is 2.28. The first kappa shape index (κ1) is 21.4. The number of non-ortho nitro benzene ring substituents is 1. The molecule has 166 valence electrons. The Balaban J connectivity index is 1.52. The fourth-order valence-corrected chi connectivity index (χ4v) is 4.24. The van der Waals surface area contributed by atoms with Gasteiger partial charge in [-0.15, -0.1) is 0 Å². The Bertz CT molecular complexity index is 1190. The van der Waals surface area contributed by atoms with Crippen LogP contribution in [0.4, 0.5) is 5.69 Å². The Hall–Kier alpha value is -3.88. The van der Waals surface area contributed by atoms with Gasteiger partial charge in [-0.3, -0.25) is 14.9 Å². The molecule has 2 aromatic carbocycles. The van der Waals surface area contributed by atoms with Crippen LogP contribution in [0.3, 0.4) is 0 Å². The number of aromatic amines is 1. The fourth-order valence-electron chi connectivity index (χ4n) is 4.24. The molecule has 1 aromatic heterocycles. The molecule has 3 aromatic rings. The number of methoxy groups -OCH3 is 2. The number of likely N-dealkylation sites (tertiary alicyclic amines) is 1. The molecule has 0 bridgehead atoms. The molecule has 0 spiro atoms. The highest BCUT2D eigenvalue weighted by Crippen LogP contribution is 2.35. The summed E-state index contributed by atoms with van der Waals surface area (Å²) in [5.41, 5.74) is 1.99. The van der Waals surface area contributed by atoms with Crippen LogP contribution in [0.1, 0.15) is 45.0 Å². The lowest BCUT2D eigenvalue weighted by atomic mass is 9.89. The summed E-state index contributed by atoms with van der Waals surface area (Å²) in [7, 11) is 2.82. The third-order valence-electron chi connectivity index (χ3n) is 5.94. The van der Waals surface area contributed by atoms with E-state index >= 15 is 0 Å². The van der Waals surface area contributed by atoms with Crippen molar-refractivity contribution in [1.82, 2.24) is 9.88 Å². The van der Waals surface area contributed by atoms with Gasteiger partial charge in [0.15, 0.2) is 0 Å². The first-order valence-corrected chi connectivity index (χ1v) is 10.2. The van der Waals surface area contributed by atoms with Crippen molar-refractivity contribution in [1.29, 1.82) is 0 Å². The van der Waals surface area contributed by atoms with Gasteiger partial charge < -0.3 is 19.4 Å². The number of carbonyl (C=O) groups is 2. The number of carbonyl (C=O) groups excluding carboxylic acids is 2. The molecule has 1 aliphatic rings. The molecule has 1 saturated heterocycles. The van der Waals surface area contributed by atoms with E-state index in [1.54, 1.807) is 12.0 Å². The van der Waals surface area contributed by atoms with E-state index in [0.29, 0.717) is 13.1 Å². The number of amides is 1. The zero-order chi connectivity index (χ0) is 22.8. The maximum absolute atomic E-state index is 13.1. The number of benzene rings is 2. The minimum atomic E-state index is -0.726. The van der Waals surface area contributed by atoms with E-state index in [9.17, 15) is 19.7 Å². The molecule has 1 N–H and O–H groups in total.